The molecule has 1 heterocycles. The van der Waals surface area contributed by atoms with Crippen LogP contribution in [0.2, 0.25) is 5.02 Å². The first kappa shape index (κ1) is 21.7. The van der Waals surface area contributed by atoms with Crippen molar-refractivity contribution < 1.29 is 4.79 Å². The van der Waals surface area contributed by atoms with Gasteiger partial charge >= 0.3 is 0 Å². The van der Waals surface area contributed by atoms with Crippen LogP contribution in [0.4, 0.5) is 22.7 Å². The van der Waals surface area contributed by atoms with Crippen molar-refractivity contribution in [1.82, 2.24) is 5.32 Å². The van der Waals surface area contributed by atoms with E-state index in [1.165, 1.54) is 0 Å². The molecule has 0 atom stereocenters. The number of para-hydroxylation sites is 1. The van der Waals surface area contributed by atoms with E-state index >= 15 is 0 Å². The summed E-state index contributed by atoms with van der Waals surface area (Å²) in [5.41, 5.74) is 4.96. The molecule has 3 aromatic rings. The molecule has 3 N–H and O–H groups in total. The van der Waals surface area contributed by atoms with Gasteiger partial charge in [0.05, 0.1) is 16.9 Å². The zero-order valence-corrected chi connectivity index (χ0v) is 19.6. The number of halogens is 2. The molecular weight excluding hydrogens is 476 g/mol. The summed E-state index contributed by atoms with van der Waals surface area (Å²) in [7, 11) is 0. The maximum Gasteiger partial charge on any atom is 0.257 e. The molecule has 0 radical (unpaired) electrons. The van der Waals surface area contributed by atoms with Crippen molar-refractivity contribution in [2.24, 2.45) is 0 Å². The molecule has 4 rings (SSSR count). The van der Waals surface area contributed by atoms with Crippen LogP contribution in [0.15, 0.2) is 65.1 Å². The molecule has 31 heavy (non-hydrogen) atoms. The molecule has 7 heteroatoms. The van der Waals surface area contributed by atoms with Crippen molar-refractivity contribution in [3.63, 3.8) is 0 Å². The van der Waals surface area contributed by atoms with Crippen LogP contribution >= 0.6 is 27.5 Å². The average Bonchev–Trinajstić information content (AvgIpc) is 2.79. The predicted molar refractivity (Wildman–Crippen MR) is 133 cm³/mol. The van der Waals surface area contributed by atoms with Crippen LogP contribution < -0.4 is 20.9 Å². The van der Waals surface area contributed by atoms with Gasteiger partial charge in [0.1, 0.15) is 0 Å². The Kier molecular flexibility index (Phi) is 6.80. The number of piperazine rings is 1. The number of amides is 1. The van der Waals surface area contributed by atoms with Crippen LogP contribution in [0.5, 0.6) is 0 Å². The van der Waals surface area contributed by atoms with Gasteiger partial charge in [-0.25, -0.2) is 0 Å². The smallest absolute Gasteiger partial charge is 0.257 e. The number of anilines is 4. The molecule has 1 aliphatic rings. The predicted octanol–water partition coefficient (Wildman–Crippen LogP) is 5.82. The third-order valence-corrected chi connectivity index (χ3v) is 6.46. The lowest BCUT2D eigenvalue weighted by molar-refractivity contribution is 0.102. The van der Waals surface area contributed by atoms with E-state index in [4.69, 9.17) is 11.6 Å². The first-order valence-electron chi connectivity index (χ1n) is 10.2. The Bertz CT molecular complexity index is 1100. The summed E-state index contributed by atoms with van der Waals surface area (Å²) < 4.78 is 0.855. The van der Waals surface area contributed by atoms with E-state index in [0.717, 1.165) is 59.0 Å². The van der Waals surface area contributed by atoms with Crippen molar-refractivity contribution >= 4 is 56.2 Å². The Balaban J connectivity index is 1.53. The lowest BCUT2D eigenvalue weighted by Gasteiger charge is -2.29. The molecule has 0 bridgehead atoms. The zero-order valence-electron chi connectivity index (χ0n) is 17.2. The maximum atomic E-state index is 13.1. The van der Waals surface area contributed by atoms with Gasteiger partial charge in [-0.3, -0.25) is 4.79 Å². The minimum atomic E-state index is -0.182. The number of carbonyl (C=O) groups is 1. The largest absolute Gasteiger partial charge is 0.369 e. The van der Waals surface area contributed by atoms with Gasteiger partial charge < -0.3 is 20.9 Å². The summed E-state index contributed by atoms with van der Waals surface area (Å²) >= 11 is 9.86. The number of hydrogen-bond acceptors (Lipinski definition) is 4. The van der Waals surface area contributed by atoms with Gasteiger partial charge in [0.25, 0.3) is 5.91 Å². The fraction of sp³-hybridized carbons (Fsp3) is 0.208. The Hall–Kier alpha value is -2.54. The van der Waals surface area contributed by atoms with E-state index in [-0.39, 0.29) is 5.91 Å². The normalized spacial score (nSPS) is 13.7. The molecule has 5 nitrogen and oxygen atoms in total. The number of carbonyl (C=O) groups excluding carboxylic acids is 1. The summed E-state index contributed by atoms with van der Waals surface area (Å²) in [5.74, 6) is -0.182. The minimum Gasteiger partial charge on any atom is -0.369 e. The zero-order chi connectivity index (χ0) is 21.8. The molecule has 0 spiro atoms. The lowest BCUT2D eigenvalue weighted by Crippen LogP contribution is -2.43. The highest BCUT2D eigenvalue weighted by molar-refractivity contribution is 9.10. The second kappa shape index (κ2) is 9.73. The topological polar surface area (TPSA) is 56.4 Å². The highest BCUT2D eigenvalue weighted by Crippen LogP contribution is 2.31. The summed E-state index contributed by atoms with van der Waals surface area (Å²) in [4.78, 5) is 15.4. The van der Waals surface area contributed by atoms with Gasteiger partial charge in [0.2, 0.25) is 0 Å². The highest BCUT2D eigenvalue weighted by atomic mass is 79.9. The summed E-state index contributed by atoms with van der Waals surface area (Å²) in [5, 5.41) is 10.4. The van der Waals surface area contributed by atoms with E-state index in [1.807, 2.05) is 55.5 Å². The van der Waals surface area contributed by atoms with Crippen LogP contribution in [0.3, 0.4) is 0 Å². The molecule has 3 aromatic carbocycles. The average molecular weight is 500 g/mol. The molecule has 1 aliphatic heterocycles. The minimum absolute atomic E-state index is 0.182. The van der Waals surface area contributed by atoms with Gasteiger partial charge in [-0.05, 0) is 70.9 Å². The fourth-order valence-electron chi connectivity index (χ4n) is 3.59. The number of nitrogens with one attached hydrogen (secondary N) is 3. The third kappa shape index (κ3) is 5.03. The fourth-order valence-corrected chi connectivity index (χ4v) is 4.23. The molecule has 1 saturated heterocycles. The number of hydrogen-bond donors (Lipinski definition) is 3. The van der Waals surface area contributed by atoms with Crippen molar-refractivity contribution in [1.29, 1.82) is 0 Å². The van der Waals surface area contributed by atoms with Crippen molar-refractivity contribution in [2.45, 2.75) is 6.92 Å². The maximum absolute atomic E-state index is 13.1. The van der Waals surface area contributed by atoms with Gasteiger partial charge in [0, 0.05) is 47.0 Å². The Labute approximate surface area is 195 Å². The van der Waals surface area contributed by atoms with Gasteiger partial charge in [-0.1, -0.05) is 29.8 Å². The van der Waals surface area contributed by atoms with E-state index < -0.39 is 0 Å². The Morgan fingerprint density at radius 1 is 1.00 bits per heavy atom. The molecule has 1 amide bonds. The number of benzene rings is 3. The standard InChI is InChI=1S/C24H24BrClN4O/c1-16-20(26)6-4-8-21(16)28-22-7-3-2-5-18(22)24(31)29-23-10-9-17(15-19(23)25)30-13-11-27-12-14-30/h2-10,15,27-28H,11-14H2,1H3,(H,29,31). The first-order valence-corrected chi connectivity index (χ1v) is 11.4. The summed E-state index contributed by atoms with van der Waals surface area (Å²) in [6.07, 6.45) is 0. The molecule has 0 aliphatic carbocycles. The lowest BCUT2D eigenvalue weighted by atomic mass is 10.1. The van der Waals surface area contributed by atoms with Crippen LogP contribution in [-0.2, 0) is 0 Å². The molecule has 0 aromatic heterocycles. The van der Waals surface area contributed by atoms with E-state index in [2.05, 4.69) is 42.8 Å². The van der Waals surface area contributed by atoms with Crippen LogP contribution in [0, 0.1) is 6.92 Å². The Morgan fingerprint density at radius 3 is 2.52 bits per heavy atom. The molecular formula is C24H24BrClN4O. The molecule has 0 saturated carbocycles. The van der Waals surface area contributed by atoms with E-state index in [1.54, 1.807) is 6.07 Å². The molecule has 1 fully saturated rings. The SMILES string of the molecule is Cc1c(Cl)cccc1Nc1ccccc1C(=O)Nc1ccc(N2CCNCC2)cc1Br. The molecule has 0 unspecified atom stereocenters. The monoisotopic (exact) mass is 498 g/mol. The van der Waals surface area contributed by atoms with Gasteiger partial charge in [-0.15, -0.1) is 0 Å². The highest BCUT2D eigenvalue weighted by Gasteiger charge is 2.16. The van der Waals surface area contributed by atoms with Crippen molar-refractivity contribution in [2.75, 3.05) is 41.7 Å². The van der Waals surface area contributed by atoms with Gasteiger partial charge in [-0.2, -0.15) is 0 Å². The van der Waals surface area contributed by atoms with E-state index in [0.29, 0.717) is 10.6 Å². The van der Waals surface area contributed by atoms with Gasteiger partial charge in [0.15, 0.2) is 0 Å². The second-order valence-corrected chi connectivity index (χ2v) is 8.70. The second-order valence-electron chi connectivity index (χ2n) is 7.44. The van der Waals surface area contributed by atoms with Crippen molar-refractivity contribution in [3.8, 4) is 0 Å². The Morgan fingerprint density at radius 2 is 1.74 bits per heavy atom. The quantitative estimate of drug-likeness (QED) is 0.414. The third-order valence-electron chi connectivity index (χ3n) is 5.39. The molecule has 160 valence electrons. The van der Waals surface area contributed by atoms with Crippen LogP contribution in [-0.4, -0.2) is 32.1 Å². The number of nitrogens with zero attached hydrogens (tertiary/aromatic N) is 1. The van der Waals surface area contributed by atoms with Crippen LogP contribution in [0.1, 0.15) is 15.9 Å². The first-order chi connectivity index (χ1) is 15.0. The van der Waals surface area contributed by atoms with Crippen molar-refractivity contribution in [3.05, 3.63) is 81.3 Å². The van der Waals surface area contributed by atoms with E-state index in [9.17, 15) is 4.79 Å². The van der Waals surface area contributed by atoms with Crippen LogP contribution in [0.25, 0.3) is 0 Å². The number of rotatable bonds is 5. The summed E-state index contributed by atoms with van der Waals surface area (Å²) in [6, 6.07) is 19.2. The summed E-state index contributed by atoms with van der Waals surface area (Å²) in [6.45, 7) is 5.85.